The van der Waals surface area contributed by atoms with Gasteiger partial charge < -0.3 is 9.21 Å². The average molecular weight is 136 g/mol. The maximum Gasteiger partial charge on any atom is 0.0764 e. The van der Waals surface area contributed by atoms with E-state index in [-0.39, 0.29) is 0 Å². The van der Waals surface area contributed by atoms with E-state index in [4.69, 9.17) is 0 Å². The summed E-state index contributed by atoms with van der Waals surface area (Å²) in [7, 11) is 3.61. The van der Waals surface area contributed by atoms with E-state index in [1.165, 1.54) is 20.8 Å². The molecule has 5 heteroatoms. The molecule has 0 spiro atoms. The van der Waals surface area contributed by atoms with Gasteiger partial charge in [-0.1, -0.05) is 0 Å². The van der Waals surface area contributed by atoms with Crippen LogP contribution < -0.4 is 4.98 Å². The molecular weight excluding hydrogens is 124 g/mol. The summed E-state index contributed by atoms with van der Waals surface area (Å²) < 4.78 is 2.38. The second kappa shape index (κ2) is 3.75. The summed E-state index contributed by atoms with van der Waals surface area (Å²) in [5.41, 5.74) is 0. The number of nitrogens with zero attached hydrogens (tertiary/aromatic N) is 1. The van der Waals surface area contributed by atoms with E-state index < -0.39 is 0 Å². The summed E-state index contributed by atoms with van der Waals surface area (Å²) in [5.74, 6) is 0. The molecule has 0 aliphatic heterocycles. The predicted molar refractivity (Wildman–Crippen MR) is 39.7 cm³/mol. The average Bonchev–Trinajstić information content (AvgIpc) is 1.35. The van der Waals surface area contributed by atoms with Crippen molar-refractivity contribution in [3.05, 3.63) is 0 Å². The summed E-state index contributed by atoms with van der Waals surface area (Å²) in [6, 6.07) is 0. The third-order valence-corrected chi connectivity index (χ3v) is 1.42. The van der Waals surface area contributed by atoms with Crippen molar-refractivity contribution in [1.82, 2.24) is 9.21 Å². The maximum atomic E-state index is 3.20. The molecule has 1 N–H and O–H groups in total. The lowest BCUT2D eigenvalue weighted by atomic mass is 11.3. The first kappa shape index (κ1) is 6.57. The molecule has 0 heterocycles. The van der Waals surface area contributed by atoms with Gasteiger partial charge in [-0.3, -0.25) is 0 Å². The fourth-order valence-corrected chi connectivity index (χ4v) is 2.85. The van der Waals surface area contributed by atoms with Crippen LogP contribution in [0, 0.1) is 0 Å². The molecule has 0 aromatic heterocycles. The first-order valence-corrected chi connectivity index (χ1v) is 4.85. The van der Waals surface area contributed by atoms with E-state index in [9.17, 15) is 0 Å². The van der Waals surface area contributed by atoms with Crippen molar-refractivity contribution in [3.63, 3.8) is 0 Å². The van der Waals surface area contributed by atoms with Crippen molar-refractivity contribution in [3.8, 4) is 0 Å². The molecule has 0 bridgehead atoms. The molecule has 0 aliphatic carbocycles. The molecule has 0 rings (SSSR count). The number of nitrogens with one attached hydrogen (secondary N) is 1. The van der Waals surface area contributed by atoms with E-state index >= 15 is 0 Å². The second-order valence-corrected chi connectivity index (χ2v) is 7.14. The topological polar surface area (TPSA) is 15.3 Å². The van der Waals surface area contributed by atoms with Gasteiger partial charge >= 0.3 is 0 Å². The largest absolute Gasteiger partial charge is 0.349 e. The molecule has 0 saturated carbocycles. The van der Waals surface area contributed by atoms with E-state index in [0.717, 1.165) is 17.1 Å². The second-order valence-electron chi connectivity index (χ2n) is 1.59. The molecule has 0 fully saturated rings. The molecule has 0 atom stereocenters. The lowest BCUT2D eigenvalue weighted by Crippen LogP contribution is -2.27. The standard InChI is InChI=1S/CH12N2Si3/c4-2-1-3(5)6/h2H,1H2,4-6H3. The molecule has 0 amide bonds. The van der Waals surface area contributed by atoms with Gasteiger partial charge in [0.2, 0.25) is 0 Å². The minimum absolute atomic E-state index is 1.14. The van der Waals surface area contributed by atoms with E-state index in [1.54, 1.807) is 0 Å². The van der Waals surface area contributed by atoms with E-state index in [1.807, 2.05) is 0 Å². The molecule has 6 heavy (non-hydrogen) atoms. The predicted octanol–water partition coefficient (Wildman–Crippen LogP) is -4.32. The number of hydrogen-bond donors (Lipinski definition) is 1. The highest BCUT2D eigenvalue weighted by molar-refractivity contribution is 6.25. The zero-order valence-electron chi connectivity index (χ0n) is 4.65. The summed E-state index contributed by atoms with van der Waals surface area (Å²) in [6.07, 6.45) is 0. The van der Waals surface area contributed by atoms with Crippen LogP contribution in [0.3, 0.4) is 0 Å². The summed E-state index contributed by atoms with van der Waals surface area (Å²) in [4.78, 5) is 3.20. The van der Waals surface area contributed by atoms with Crippen LogP contribution in [0.5, 0.6) is 0 Å². The highest BCUT2D eigenvalue weighted by atomic mass is 28.2. The number of rotatable bonds is 2. The van der Waals surface area contributed by atoms with Gasteiger partial charge in [0.25, 0.3) is 0 Å². The van der Waals surface area contributed by atoms with Gasteiger partial charge in [-0.2, -0.15) is 0 Å². The zero-order valence-corrected chi connectivity index (χ0v) is 10.7. The Hall–Kier alpha value is 0.571. The van der Waals surface area contributed by atoms with Crippen molar-refractivity contribution in [1.29, 1.82) is 0 Å². The molecule has 38 valence electrons. The Morgan fingerprint density at radius 1 is 1.50 bits per heavy atom. The fraction of sp³-hybridized carbons (Fsp3) is 1.00. The zero-order chi connectivity index (χ0) is 4.99. The van der Waals surface area contributed by atoms with Crippen molar-refractivity contribution >= 4 is 31.2 Å². The molecule has 0 aromatic carbocycles. The van der Waals surface area contributed by atoms with Gasteiger partial charge in [0.05, 0.1) is 31.2 Å². The van der Waals surface area contributed by atoms with Crippen LogP contribution in [0.1, 0.15) is 0 Å². The Labute approximate surface area is 47.8 Å². The molecule has 0 saturated heterocycles. The quantitative estimate of drug-likeness (QED) is 0.305. The summed E-state index contributed by atoms with van der Waals surface area (Å²) in [5, 5.41) is 0. The van der Waals surface area contributed by atoms with Crippen molar-refractivity contribution < 1.29 is 0 Å². The van der Waals surface area contributed by atoms with Crippen LogP contribution >= 0.6 is 0 Å². The Kier molecular flexibility index (Phi) is 4.11. The van der Waals surface area contributed by atoms with Crippen molar-refractivity contribution in [2.75, 3.05) is 6.67 Å². The van der Waals surface area contributed by atoms with Crippen LogP contribution in [0.2, 0.25) is 0 Å². The lowest BCUT2D eigenvalue weighted by molar-refractivity contribution is 0.679. The van der Waals surface area contributed by atoms with Crippen LogP contribution in [0.4, 0.5) is 0 Å². The van der Waals surface area contributed by atoms with Gasteiger partial charge in [0.15, 0.2) is 0 Å². The molecular formula is CH12N2Si3. The molecule has 0 aromatic rings. The van der Waals surface area contributed by atoms with Crippen LogP contribution in [0.15, 0.2) is 0 Å². The first-order valence-electron chi connectivity index (χ1n) is 2.06. The van der Waals surface area contributed by atoms with Gasteiger partial charge in [0.1, 0.15) is 0 Å². The summed E-state index contributed by atoms with van der Waals surface area (Å²) >= 11 is 0. The minimum Gasteiger partial charge on any atom is -0.349 e. The minimum atomic E-state index is 1.14. The third-order valence-electron chi connectivity index (χ3n) is 0.474. The number of hydrogen-bond acceptors (Lipinski definition) is 2. The van der Waals surface area contributed by atoms with Crippen molar-refractivity contribution in [2.24, 2.45) is 0 Å². The first-order chi connectivity index (χ1) is 2.77. The van der Waals surface area contributed by atoms with Gasteiger partial charge in [0, 0.05) is 6.67 Å². The van der Waals surface area contributed by atoms with Crippen LogP contribution in [-0.2, 0) is 0 Å². The Morgan fingerprint density at radius 2 is 2.00 bits per heavy atom. The third kappa shape index (κ3) is 4.57. The normalized spacial score (nSPS) is 11.5. The van der Waals surface area contributed by atoms with E-state index in [0.29, 0.717) is 0 Å². The molecule has 2 nitrogen and oxygen atoms in total. The maximum absolute atomic E-state index is 3.20. The Balaban J connectivity index is 2.63. The SMILES string of the molecule is [SiH3]NCN([SiH3])[SiH3]. The van der Waals surface area contributed by atoms with Gasteiger partial charge in [-0.05, 0) is 0 Å². The highest BCUT2D eigenvalue weighted by Crippen LogP contribution is 1.56. The smallest absolute Gasteiger partial charge is 0.0764 e. The Morgan fingerprint density at radius 3 is 2.00 bits per heavy atom. The van der Waals surface area contributed by atoms with Gasteiger partial charge in [-0.15, -0.1) is 0 Å². The lowest BCUT2D eigenvalue weighted by Gasteiger charge is -2.06. The fourth-order valence-electron chi connectivity index (χ4n) is 0.316. The van der Waals surface area contributed by atoms with Crippen LogP contribution in [0.25, 0.3) is 0 Å². The highest BCUT2D eigenvalue weighted by Gasteiger charge is 1.77. The van der Waals surface area contributed by atoms with Crippen molar-refractivity contribution in [2.45, 2.75) is 0 Å². The Bertz CT molecular complexity index is 30.0. The monoisotopic (exact) mass is 136 g/mol. The van der Waals surface area contributed by atoms with Gasteiger partial charge in [-0.25, -0.2) is 0 Å². The summed E-state index contributed by atoms with van der Waals surface area (Å²) in [6.45, 7) is 1.14. The molecule has 0 radical (unpaired) electrons. The molecule has 0 aliphatic rings. The molecule has 0 unspecified atom stereocenters. The van der Waals surface area contributed by atoms with E-state index in [2.05, 4.69) is 9.21 Å². The van der Waals surface area contributed by atoms with Crippen LogP contribution in [-0.4, -0.2) is 42.1 Å².